The molecule has 0 radical (unpaired) electrons. The molecule has 3 heteroatoms. The SMILES string of the molecule is CCCCc1cnc2ccccn2c1=S. The lowest BCUT2D eigenvalue weighted by atomic mass is 10.1. The first-order valence-corrected chi connectivity index (χ1v) is 5.69. The van der Waals surface area contributed by atoms with Gasteiger partial charge < -0.3 is 0 Å². The Morgan fingerprint density at radius 3 is 3.07 bits per heavy atom. The zero-order valence-electron chi connectivity index (χ0n) is 8.81. The molecule has 2 nitrogen and oxygen atoms in total. The minimum atomic E-state index is 0.897. The Morgan fingerprint density at radius 1 is 1.40 bits per heavy atom. The van der Waals surface area contributed by atoms with Crippen LogP contribution in [0, 0.1) is 4.64 Å². The molecule has 0 aliphatic heterocycles. The van der Waals surface area contributed by atoms with Crippen LogP contribution in [-0.4, -0.2) is 9.38 Å². The van der Waals surface area contributed by atoms with E-state index in [1.807, 2.05) is 35.0 Å². The fourth-order valence-electron chi connectivity index (χ4n) is 1.60. The smallest absolute Gasteiger partial charge is 0.137 e. The molecule has 2 aromatic heterocycles. The van der Waals surface area contributed by atoms with Crippen LogP contribution >= 0.6 is 12.2 Å². The van der Waals surface area contributed by atoms with Gasteiger partial charge in [-0.1, -0.05) is 31.6 Å². The molecule has 2 rings (SSSR count). The molecule has 0 spiro atoms. The van der Waals surface area contributed by atoms with E-state index in [1.165, 1.54) is 18.4 Å². The lowest BCUT2D eigenvalue weighted by Gasteiger charge is -2.04. The Labute approximate surface area is 94.6 Å². The van der Waals surface area contributed by atoms with Crippen molar-refractivity contribution in [3.05, 3.63) is 40.8 Å². The summed E-state index contributed by atoms with van der Waals surface area (Å²) in [5.74, 6) is 0. The molecule has 0 aliphatic carbocycles. The fraction of sp³-hybridized carbons (Fsp3) is 0.333. The largest absolute Gasteiger partial charge is 0.292 e. The highest BCUT2D eigenvalue weighted by Gasteiger charge is 1.99. The molecule has 0 fully saturated rings. The Bertz CT molecular complexity index is 516. The van der Waals surface area contributed by atoms with Crippen molar-refractivity contribution in [2.45, 2.75) is 26.2 Å². The van der Waals surface area contributed by atoms with Crippen LogP contribution in [0.25, 0.3) is 5.65 Å². The zero-order valence-corrected chi connectivity index (χ0v) is 9.63. The number of nitrogens with zero attached hydrogens (tertiary/aromatic N) is 2. The number of rotatable bonds is 3. The number of hydrogen-bond acceptors (Lipinski definition) is 2. The fourth-order valence-corrected chi connectivity index (χ4v) is 1.91. The van der Waals surface area contributed by atoms with Gasteiger partial charge in [0.05, 0.1) is 0 Å². The minimum Gasteiger partial charge on any atom is -0.292 e. The van der Waals surface area contributed by atoms with Crippen molar-refractivity contribution < 1.29 is 0 Å². The van der Waals surface area contributed by atoms with Crippen LogP contribution < -0.4 is 0 Å². The second kappa shape index (κ2) is 4.53. The van der Waals surface area contributed by atoms with E-state index < -0.39 is 0 Å². The average molecular weight is 218 g/mol. The van der Waals surface area contributed by atoms with E-state index in [4.69, 9.17) is 12.2 Å². The Hall–Kier alpha value is -1.22. The predicted molar refractivity (Wildman–Crippen MR) is 64.6 cm³/mol. The van der Waals surface area contributed by atoms with Crippen LogP contribution in [0.1, 0.15) is 25.3 Å². The van der Waals surface area contributed by atoms with E-state index in [1.54, 1.807) is 0 Å². The van der Waals surface area contributed by atoms with Crippen molar-refractivity contribution in [1.82, 2.24) is 9.38 Å². The number of aryl methyl sites for hydroxylation is 1. The van der Waals surface area contributed by atoms with Gasteiger partial charge in [-0.3, -0.25) is 4.40 Å². The highest BCUT2D eigenvalue weighted by molar-refractivity contribution is 7.71. The minimum absolute atomic E-state index is 0.897. The van der Waals surface area contributed by atoms with Crippen LogP contribution in [0.2, 0.25) is 0 Å². The molecule has 0 amide bonds. The van der Waals surface area contributed by atoms with Crippen molar-refractivity contribution in [1.29, 1.82) is 0 Å². The molecule has 15 heavy (non-hydrogen) atoms. The predicted octanol–water partition coefficient (Wildman–Crippen LogP) is 3.41. The standard InChI is InChI=1S/C12H14N2S/c1-2-3-6-10-9-13-11-7-4-5-8-14(11)12(10)15/h4-5,7-9H,2-3,6H2,1H3. The molecule has 0 saturated carbocycles. The number of pyridine rings is 1. The van der Waals surface area contributed by atoms with Gasteiger partial charge in [0.2, 0.25) is 0 Å². The van der Waals surface area contributed by atoms with Crippen LogP contribution in [0.5, 0.6) is 0 Å². The summed E-state index contributed by atoms with van der Waals surface area (Å²) in [6.45, 7) is 2.19. The van der Waals surface area contributed by atoms with Crippen LogP contribution in [0.4, 0.5) is 0 Å². The molecule has 0 N–H and O–H groups in total. The third-order valence-corrected chi connectivity index (χ3v) is 2.94. The summed E-state index contributed by atoms with van der Waals surface area (Å²) in [6.07, 6.45) is 7.27. The molecule has 78 valence electrons. The number of hydrogen-bond donors (Lipinski definition) is 0. The second-order valence-electron chi connectivity index (χ2n) is 3.62. The van der Waals surface area contributed by atoms with Gasteiger partial charge in [-0.15, -0.1) is 0 Å². The van der Waals surface area contributed by atoms with E-state index in [2.05, 4.69) is 11.9 Å². The van der Waals surface area contributed by atoms with Crippen LogP contribution in [0.15, 0.2) is 30.6 Å². The van der Waals surface area contributed by atoms with Crippen molar-refractivity contribution in [2.75, 3.05) is 0 Å². The molecule has 0 bridgehead atoms. The second-order valence-corrected chi connectivity index (χ2v) is 4.01. The number of aromatic nitrogens is 2. The number of fused-ring (bicyclic) bond motifs is 1. The summed E-state index contributed by atoms with van der Waals surface area (Å²) in [5, 5.41) is 0. The zero-order chi connectivity index (χ0) is 10.7. The van der Waals surface area contributed by atoms with Gasteiger partial charge in [0.25, 0.3) is 0 Å². The molecule has 0 aliphatic rings. The first kappa shape index (κ1) is 10.3. The average Bonchev–Trinajstić information content (AvgIpc) is 2.29. The lowest BCUT2D eigenvalue weighted by molar-refractivity contribution is 0.783. The molecule has 0 unspecified atom stereocenters. The third kappa shape index (κ3) is 2.07. The van der Waals surface area contributed by atoms with Gasteiger partial charge in [0.15, 0.2) is 0 Å². The van der Waals surface area contributed by atoms with Gasteiger partial charge in [-0.2, -0.15) is 0 Å². The monoisotopic (exact) mass is 218 g/mol. The molecule has 2 aromatic rings. The Morgan fingerprint density at radius 2 is 2.27 bits per heavy atom. The summed E-state index contributed by atoms with van der Waals surface area (Å²) in [5.41, 5.74) is 2.10. The normalized spacial score (nSPS) is 10.7. The number of unbranched alkanes of at least 4 members (excludes halogenated alkanes) is 1. The van der Waals surface area contributed by atoms with Crippen molar-refractivity contribution >= 4 is 17.9 Å². The van der Waals surface area contributed by atoms with E-state index >= 15 is 0 Å². The summed E-state index contributed by atoms with van der Waals surface area (Å²) >= 11 is 5.43. The lowest BCUT2D eigenvalue weighted by Crippen LogP contribution is -1.98. The van der Waals surface area contributed by atoms with Crippen molar-refractivity contribution in [3.8, 4) is 0 Å². The van der Waals surface area contributed by atoms with Gasteiger partial charge in [0, 0.05) is 18.0 Å². The van der Waals surface area contributed by atoms with Crippen LogP contribution in [0.3, 0.4) is 0 Å². The van der Waals surface area contributed by atoms with E-state index in [-0.39, 0.29) is 0 Å². The molecular weight excluding hydrogens is 204 g/mol. The highest BCUT2D eigenvalue weighted by Crippen LogP contribution is 2.09. The van der Waals surface area contributed by atoms with E-state index in [0.29, 0.717) is 0 Å². The summed E-state index contributed by atoms with van der Waals surface area (Å²) in [7, 11) is 0. The molecule has 0 aromatic carbocycles. The van der Waals surface area contributed by atoms with Crippen molar-refractivity contribution in [2.24, 2.45) is 0 Å². The highest BCUT2D eigenvalue weighted by atomic mass is 32.1. The van der Waals surface area contributed by atoms with Gasteiger partial charge in [-0.25, -0.2) is 4.98 Å². The maximum Gasteiger partial charge on any atom is 0.137 e. The van der Waals surface area contributed by atoms with Crippen LogP contribution in [-0.2, 0) is 6.42 Å². The summed E-state index contributed by atoms with van der Waals surface area (Å²) in [4.78, 5) is 4.39. The van der Waals surface area contributed by atoms with Crippen molar-refractivity contribution in [3.63, 3.8) is 0 Å². The first-order valence-electron chi connectivity index (χ1n) is 5.28. The third-order valence-electron chi connectivity index (χ3n) is 2.48. The molecule has 0 atom stereocenters. The van der Waals surface area contributed by atoms with Gasteiger partial charge >= 0.3 is 0 Å². The summed E-state index contributed by atoms with van der Waals surface area (Å²) in [6, 6.07) is 5.93. The summed E-state index contributed by atoms with van der Waals surface area (Å²) < 4.78 is 2.87. The first-order chi connectivity index (χ1) is 7.33. The maximum atomic E-state index is 5.43. The van der Waals surface area contributed by atoms with E-state index in [0.717, 1.165) is 16.7 Å². The Balaban J connectivity index is 2.51. The molecule has 2 heterocycles. The van der Waals surface area contributed by atoms with Gasteiger partial charge in [0.1, 0.15) is 10.3 Å². The van der Waals surface area contributed by atoms with Gasteiger partial charge in [-0.05, 0) is 25.0 Å². The topological polar surface area (TPSA) is 17.3 Å². The quantitative estimate of drug-likeness (QED) is 0.734. The van der Waals surface area contributed by atoms with E-state index in [9.17, 15) is 0 Å². The Kier molecular flexibility index (Phi) is 3.11. The maximum absolute atomic E-state index is 5.43. The molecular formula is C12H14N2S. The molecule has 0 saturated heterocycles.